The van der Waals surface area contributed by atoms with Gasteiger partial charge in [0.25, 0.3) is 0 Å². The molecule has 1 heterocycles. The van der Waals surface area contributed by atoms with Crippen molar-refractivity contribution in [2.45, 2.75) is 12.2 Å². The number of aliphatic hydroxyl groups is 2. The van der Waals surface area contributed by atoms with Crippen molar-refractivity contribution in [2.24, 2.45) is 7.05 Å². The van der Waals surface area contributed by atoms with E-state index in [4.69, 9.17) is 5.11 Å². The molecule has 8 heteroatoms. The van der Waals surface area contributed by atoms with Crippen molar-refractivity contribution >= 4 is 11.9 Å². The Bertz CT molecular complexity index is 441. The summed E-state index contributed by atoms with van der Waals surface area (Å²) < 4.78 is 5.59. The van der Waals surface area contributed by atoms with Crippen LogP contribution in [0.3, 0.4) is 0 Å². The maximum Gasteiger partial charge on any atom is 0.356 e. The van der Waals surface area contributed by atoms with Gasteiger partial charge >= 0.3 is 11.9 Å². The first-order chi connectivity index (χ1) is 7.90. The summed E-state index contributed by atoms with van der Waals surface area (Å²) in [7, 11) is 2.56. The third-order valence-corrected chi connectivity index (χ3v) is 2.22. The molecule has 0 saturated heterocycles. The molecule has 0 spiro atoms. The summed E-state index contributed by atoms with van der Waals surface area (Å²) in [6.07, 6.45) is -2.69. The van der Waals surface area contributed by atoms with Gasteiger partial charge in [0.05, 0.1) is 13.3 Å². The van der Waals surface area contributed by atoms with Crippen LogP contribution < -0.4 is 0 Å². The molecule has 94 valence electrons. The maximum atomic E-state index is 11.4. The number of aromatic nitrogens is 2. The fourth-order valence-corrected chi connectivity index (χ4v) is 1.32. The minimum atomic E-state index is -2.04. The maximum absolute atomic E-state index is 11.4. The molecule has 0 aliphatic rings. The van der Waals surface area contributed by atoms with Gasteiger partial charge in [-0.15, -0.1) is 0 Å². The van der Waals surface area contributed by atoms with E-state index >= 15 is 0 Å². The smallest absolute Gasteiger partial charge is 0.356 e. The normalized spacial score (nSPS) is 14.1. The largest absolute Gasteiger partial charge is 0.479 e. The fourth-order valence-electron chi connectivity index (χ4n) is 1.32. The van der Waals surface area contributed by atoms with E-state index in [1.165, 1.54) is 7.05 Å². The van der Waals surface area contributed by atoms with E-state index in [-0.39, 0.29) is 11.3 Å². The Morgan fingerprint density at radius 1 is 1.47 bits per heavy atom. The number of esters is 1. The minimum absolute atomic E-state index is 0.103. The first-order valence-corrected chi connectivity index (χ1v) is 4.59. The Hall–Kier alpha value is -1.93. The van der Waals surface area contributed by atoms with Crippen molar-refractivity contribution in [3.63, 3.8) is 0 Å². The first kappa shape index (κ1) is 13.1. The molecule has 0 aliphatic carbocycles. The number of carbonyl (C=O) groups is 2. The topological polar surface area (TPSA) is 122 Å². The Labute approximate surface area is 96.0 Å². The van der Waals surface area contributed by atoms with Crippen LogP contribution in [0.5, 0.6) is 0 Å². The number of rotatable bonds is 4. The number of hydrogen-bond acceptors (Lipinski definition) is 6. The van der Waals surface area contributed by atoms with Crippen LogP contribution in [0, 0.1) is 0 Å². The van der Waals surface area contributed by atoms with Crippen molar-refractivity contribution in [3.05, 3.63) is 17.5 Å². The van der Waals surface area contributed by atoms with Crippen molar-refractivity contribution in [1.29, 1.82) is 0 Å². The van der Waals surface area contributed by atoms with Gasteiger partial charge in [-0.1, -0.05) is 0 Å². The van der Waals surface area contributed by atoms with E-state index in [0.29, 0.717) is 0 Å². The van der Waals surface area contributed by atoms with Gasteiger partial charge in [0.2, 0.25) is 0 Å². The van der Waals surface area contributed by atoms with E-state index in [9.17, 15) is 19.8 Å². The highest BCUT2D eigenvalue weighted by atomic mass is 16.5. The van der Waals surface area contributed by atoms with Crippen LogP contribution in [0.15, 0.2) is 6.20 Å². The third kappa shape index (κ3) is 2.43. The van der Waals surface area contributed by atoms with Crippen molar-refractivity contribution in [3.8, 4) is 0 Å². The predicted octanol–water partition coefficient (Wildman–Crippen LogP) is -1.31. The molecule has 0 amide bonds. The van der Waals surface area contributed by atoms with Gasteiger partial charge in [-0.05, 0) is 0 Å². The molecule has 0 bridgehead atoms. The average Bonchev–Trinajstić information content (AvgIpc) is 2.68. The molecule has 0 aliphatic heterocycles. The molecule has 0 radical (unpaired) electrons. The molecule has 2 unspecified atom stereocenters. The van der Waals surface area contributed by atoms with E-state index in [2.05, 4.69) is 9.84 Å². The third-order valence-electron chi connectivity index (χ3n) is 2.22. The number of carboxylic acid groups (broad SMARTS) is 1. The first-order valence-electron chi connectivity index (χ1n) is 4.59. The lowest BCUT2D eigenvalue weighted by atomic mass is 10.1. The molecule has 1 aromatic rings. The van der Waals surface area contributed by atoms with Crippen molar-refractivity contribution in [1.82, 2.24) is 9.78 Å². The lowest BCUT2D eigenvalue weighted by Crippen LogP contribution is -2.28. The second-order valence-corrected chi connectivity index (χ2v) is 3.29. The molecule has 1 rings (SSSR count). The standard InChI is InChI=1S/C9H12N2O6/c1-11-5(9(16)17-2)4(3-10-11)6(12)7(13)8(14)15/h3,6-7,12-13H,1-2H3,(H,14,15). The Kier molecular flexibility index (Phi) is 3.81. The second-order valence-electron chi connectivity index (χ2n) is 3.29. The molecule has 2 atom stereocenters. The molecule has 8 nitrogen and oxygen atoms in total. The van der Waals surface area contributed by atoms with Gasteiger partial charge in [-0.3, -0.25) is 4.68 Å². The zero-order valence-electron chi connectivity index (χ0n) is 9.19. The predicted molar refractivity (Wildman–Crippen MR) is 53.1 cm³/mol. The summed E-state index contributed by atoms with van der Waals surface area (Å²) in [5.74, 6) is -2.38. The quantitative estimate of drug-likeness (QED) is 0.562. The van der Waals surface area contributed by atoms with Gasteiger partial charge < -0.3 is 20.1 Å². The highest BCUT2D eigenvalue weighted by Crippen LogP contribution is 2.21. The highest BCUT2D eigenvalue weighted by Gasteiger charge is 2.31. The average molecular weight is 244 g/mol. The van der Waals surface area contributed by atoms with Crippen LogP contribution in [0.25, 0.3) is 0 Å². The van der Waals surface area contributed by atoms with Gasteiger partial charge in [-0.25, -0.2) is 9.59 Å². The van der Waals surface area contributed by atoms with Crippen LogP contribution >= 0.6 is 0 Å². The van der Waals surface area contributed by atoms with Gasteiger partial charge in [0.1, 0.15) is 6.10 Å². The molecule has 1 aromatic heterocycles. The molecule has 3 N–H and O–H groups in total. The summed E-state index contributed by atoms with van der Waals surface area (Å²) in [5, 5.41) is 31.1. The fraction of sp³-hybridized carbons (Fsp3) is 0.444. The molecular weight excluding hydrogens is 232 g/mol. The van der Waals surface area contributed by atoms with Crippen LogP contribution in [0.1, 0.15) is 22.2 Å². The Morgan fingerprint density at radius 2 is 2.06 bits per heavy atom. The van der Waals surface area contributed by atoms with E-state index in [1.54, 1.807) is 0 Å². The summed E-state index contributed by atoms with van der Waals surface area (Å²) in [6.45, 7) is 0. The van der Waals surface area contributed by atoms with E-state index in [0.717, 1.165) is 18.0 Å². The number of carboxylic acids is 1. The molecule has 0 saturated carbocycles. The monoisotopic (exact) mass is 244 g/mol. The lowest BCUT2D eigenvalue weighted by molar-refractivity contribution is -0.153. The van der Waals surface area contributed by atoms with Gasteiger partial charge in [-0.2, -0.15) is 5.10 Å². The summed E-state index contributed by atoms with van der Waals surface area (Å²) in [6, 6.07) is 0. The van der Waals surface area contributed by atoms with Crippen LogP contribution in [-0.2, 0) is 16.6 Å². The Balaban J connectivity index is 3.14. The SMILES string of the molecule is COC(=O)c1c(C(O)C(O)C(=O)O)cnn1C. The Morgan fingerprint density at radius 3 is 2.53 bits per heavy atom. The zero-order valence-corrected chi connectivity index (χ0v) is 9.19. The minimum Gasteiger partial charge on any atom is -0.479 e. The molecule has 0 aromatic carbocycles. The van der Waals surface area contributed by atoms with Gasteiger partial charge in [0, 0.05) is 12.6 Å². The number of ether oxygens (including phenoxy) is 1. The van der Waals surface area contributed by atoms with E-state index in [1.807, 2.05) is 0 Å². The summed E-state index contributed by atoms with van der Waals surface area (Å²) in [4.78, 5) is 21.9. The van der Waals surface area contributed by atoms with Gasteiger partial charge in [0.15, 0.2) is 11.8 Å². The molecular formula is C9H12N2O6. The summed E-state index contributed by atoms with van der Waals surface area (Å²) in [5.41, 5.74) is -0.213. The van der Waals surface area contributed by atoms with Crippen LogP contribution in [0.2, 0.25) is 0 Å². The number of methoxy groups -OCH3 is 1. The summed E-state index contributed by atoms with van der Waals surface area (Å²) >= 11 is 0. The molecule has 0 fully saturated rings. The molecule has 17 heavy (non-hydrogen) atoms. The highest BCUT2D eigenvalue weighted by molar-refractivity contribution is 5.89. The van der Waals surface area contributed by atoms with Crippen molar-refractivity contribution in [2.75, 3.05) is 7.11 Å². The number of hydrogen-bond donors (Lipinski definition) is 3. The number of aliphatic carboxylic acids is 1. The number of carbonyl (C=O) groups excluding carboxylic acids is 1. The second kappa shape index (κ2) is 4.93. The number of aryl methyl sites for hydroxylation is 1. The van der Waals surface area contributed by atoms with Crippen molar-refractivity contribution < 1.29 is 29.6 Å². The number of aliphatic hydroxyl groups excluding tert-OH is 2. The zero-order chi connectivity index (χ0) is 13.2. The van der Waals surface area contributed by atoms with Crippen LogP contribution in [0.4, 0.5) is 0 Å². The van der Waals surface area contributed by atoms with Crippen LogP contribution in [-0.4, -0.2) is 50.3 Å². The lowest BCUT2D eigenvalue weighted by Gasteiger charge is -2.13. The van der Waals surface area contributed by atoms with E-state index < -0.39 is 24.1 Å². The number of nitrogens with zero attached hydrogens (tertiary/aromatic N) is 2.